The smallest absolute Gasteiger partial charge is 0.359 e. The highest BCUT2D eigenvalue weighted by Crippen LogP contribution is 2.62. The van der Waals surface area contributed by atoms with Crippen LogP contribution in [0, 0.1) is 13.8 Å². The van der Waals surface area contributed by atoms with Gasteiger partial charge in [0.2, 0.25) is 0 Å². The van der Waals surface area contributed by atoms with Crippen LogP contribution in [0.15, 0.2) is 121 Å². The van der Waals surface area contributed by atoms with E-state index in [-0.39, 0.29) is 35.6 Å². The summed E-state index contributed by atoms with van der Waals surface area (Å²) in [4.78, 5) is 10.8. The maximum atomic E-state index is 2.71. The monoisotopic (exact) mass is 830 g/mol. The first kappa shape index (κ1) is 38.3. The average molecular weight is 831 g/mol. The summed E-state index contributed by atoms with van der Waals surface area (Å²) in [7, 11) is 0. The molecule has 6 heteroatoms. The van der Waals surface area contributed by atoms with Crippen molar-refractivity contribution < 1.29 is 0 Å². The maximum absolute atomic E-state index is 2.71. The van der Waals surface area contributed by atoms with Crippen LogP contribution in [0.5, 0.6) is 0 Å². The van der Waals surface area contributed by atoms with E-state index in [9.17, 15) is 0 Å². The molecule has 0 fully saturated rings. The molecule has 7 aromatic rings. The molecule has 0 spiro atoms. The lowest BCUT2D eigenvalue weighted by Crippen LogP contribution is -2.60. The highest BCUT2D eigenvalue weighted by Gasteiger charge is 2.57. The Balaban J connectivity index is 1.15. The summed E-state index contributed by atoms with van der Waals surface area (Å²) in [6, 6.07) is 48.4. The fourth-order valence-corrected chi connectivity index (χ4v) is 12.7. The standard InChI is InChI=1S/C58H56B2N4/c1-33-19-23-49-43(27-33)57(9,10)41-15-13-17-51-53(41)63(49)59-45-31-38-40-30-36(56(6,7)8)22-26-48(40)62-52-18-14-16-42-54(52)64(50-24-20-34(2)28-44(50)58(42,11)12)60(62)46(38)32-37(45)39-29-35(55(3,4)5)21-25-47(39)61(51)59/h13-32H,1-12H3. The molecular formula is C58H56B2N4. The molecule has 6 heterocycles. The number of hydrogen-bond donors (Lipinski definition) is 0. The first-order valence-electron chi connectivity index (χ1n) is 23.5. The lowest BCUT2D eigenvalue weighted by atomic mass is 9.53. The van der Waals surface area contributed by atoms with Crippen LogP contribution < -0.4 is 30.2 Å². The Kier molecular flexibility index (Phi) is 7.16. The predicted molar refractivity (Wildman–Crippen MR) is 274 cm³/mol. The van der Waals surface area contributed by atoms with Crippen molar-refractivity contribution in [2.75, 3.05) is 19.2 Å². The second kappa shape index (κ2) is 12.0. The maximum Gasteiger partial charge on any atom is 0.421 e. The Labute approximate surface area is 380 Å². The molecule has 13 rings (SSSR count). The number of fused-ring (bicyclic) bond motifs is 20. The molecule has 0 N–H and O–H groups in total. The van der Waals surface area contributed by atoms with Crippen LogP contribution in [0.25, 0.3) is 22.3 Å². The fraction of sp³-hybridized carbons (Fsp3) is 0.276. The van der Waals surface area contributed by atoms with Crippen molar-refractivity contribution in [2.24, 2.45) is 0 Å². The van der Waals surface area contributed by atoms with E-state index >= 15 is 0 Å². The molecule has 0 aliphatic carbocycles. The normalized spacial score (nSPS) is 17.1. The summed E-state index contributed by atoms with van der Waals surface area (Å²) >= 11 is 0. The van der Waals surface area contributed by atoms with Crippen LogP contribution in [0.2, 0.25) is 0 Å². The van der Waals surface area contributed by atoms with Crippen LogP contribution in [-0.2, 0) is 21.7 Å². The molecule has 0 bridgehead atoms. The lowest BCUT2D eigenvalue weighted by Gasteiger charge is -2.44. The quantitative estimate of drug-likeness (QED) is 0.141. The Morgan fingerprint density at radius 3 is 1.16 bits per heavy atom. The Bertz CT molecular complexity index is 3050. The van der Waals surface area contributed by atoms with Crippen molar-refractivity contribution in [3.63, 3.8) is 0 Å². The molecule has 0 unspecified atom stereocenters. The molecule has 0 saturated heterocycles. The average Bonchev–Trinajstić information content (AvgIpc) is 3.79. The summed E-state index contributed by atoms with van der Waals surface area (Å²) in [5, 5.41) is 0. The number of para-hydroxylation sites is 2. The van der Waals surface area contributed by atoms with Gasteiger partial charge in [-0.15, -0.1) is 0 Å². The van der Waals surface area contributed by atoms with Gasteiger partial charge in [-0.2, -0.15) is 0 Å². The number of aryl methyl sites for hydroxylation is 2. The van der Waals surface area contributed by atoms with E-state index in [1.165, 1.54) is 123 Å². The van der Waals surface area contributed by atoms with Crippen molar-refractivity contribution in [3.05, 3.63) is 166 Å². The van der Waals surface area contributed by atoms with Gasteiger partial charge in [-0.3, -0.25) is 0 Å². The Morgan fingerprint density at radius 2 is 0.766 bits per heavy atom. The van der Waals surface area contributed by atoms with Gasteiger partial charge in [-0.05, 0) is 129 Å². The number of rotatable bonds is 0. The van der Waals surface area contributed by atoms with E-state index in [0.717, 1.165) is 0 Å². The van der Waals surface area contributed by atoms with Crippen molar-refractivity contribution in [1.82, 2.24) is 0 Å². The summed E-state index contributed by atoms with van der Waals surface area (Å²) in [5.74, 6) is 0. The molecule has 0 radical (unpaired) electrons. The van der Waals surface area contributed by atoms with Crippen LogP contribution in [0.3, 0.4) is 0 Å². The first-order chi connectivity index (χ1) is 30.4. The number of hydrogen-bond acceptors (Lipinski definition) is 4. The summed E-state index contributed by atoms with van der Waals surface area (Å²) in [5.41, 5.74) is 29.0. The zero-order chi connectivity index (χ0) is 44.3. The molecule has 6 aliphatic rings. The molecule has 0 saturated carbocycles. The van der Waals surface area contributed by atoms with Crippen LogP contribution >= 0.6 is 0 Å². The van der Waals surface area contributed by atoms with Crippen molar-refractivity contribution in [1.29, 1.82) is 0 Å². The highest BCUT2D eigenvalue weighted by molar-refractivity contribution is 6.89. The minimum absolute atomic E-state index is 0.0167. The van der Waals surface area contributed by atoms with Crippen molar-refractivity contribution in [3.8, 4) is 22.3 Å². The molecular weight excluding hydrogens is 774 g/mol. The largest absolute Gasteiger partial charge is 0.421 e. The Hall–Kier alpha value is -6.13. The van der Waals surface area contributed by atoms with E-state index in [2.05, 4.69) is 224 Å². The molecule has 4 nitrogen and oxygen atoms in total. The van der Waals surface area contributed by atoms with E-state index in [4.69, 9.17) is 0 Å². The van der Waals surface area contributed by atoms with Gasteiger partial charge in [-0.25, -0.2) is 0 Å². The van der Waals surface area contributed by atoms with Gasteiger partial charge in [0.05, 0.1) is 22.7 Å². The minimum Gasteiger partial charge on any atom is -0.359 e. The van der Waals surface area contributed by atoms with E-state index in [0.29, 0.717) is 0 Å². The van der Waals surface area contributed by atoms with Gasteiger partial charge in [0.1, 0.15) is 0 Å². The van der Waals surface area contributed by atoms with Crippen LogP contribution in [-0.4, -0.2) is 14.0 Å². The Morgan fingerprint density at radius 1 is 0.375 bits per heavy atom. The summed E-state index contributed by atoms with van der Waals surface area (Å²) in [6.45, 7) is 28.1. The zero-order valence-electron chi connectivity index (χ0n) is 39.5. The highest BCUT2D eigenvalue weighted by atomic mass is 15.3. The summed E-state index contributed by atoms with van der Waals surface area (Å²) in [6.07, 6.45) is 0. The number of anilines is 8. The topological polar surface area (TPSA) is 13.0 Å². The third-order valence-electron chi connectivity index (χ3n) is 16.1. The van der Waals surface area contributed by atoms with Crippen LogP contribution in [0.1, 0.15) is 114 Å². The molecule has 64 heavy (non-hydrogen) atoms. The van der Waals surface area contributed by atoms with E-state index in [1.807, 2.05) is 0 Å². The molecule has 314 valence electrons. The number of benzene rings is 7. The van der Waals surface area contributed by atoms with Crippen molar-refractivity contribution in [2.45, 2.75) is 105 Å². The van der Waals surface area contributed by atoms with Gasteiger partial charge < -0.3 is 19.2 Å². The van der Waals surface area contributed by atoms with E-state index < -0.39 is 0 Å². The van der Waals surface area contributed by atoms with Gasteiger partial charge in [0, 0.05) is 44.7 Å². The fourth-order valence-electron chi connectivity index (χ4n) is 12.7. The van der Waals surface area contributed by atoms with Gasteiger partial charge >= 0.3 is 14.0 Å². The van der Waals surface area contributed by atoms with Crippen LogP contribution in [0.4, 0.5) is 45.5 Å². The second-order valence-corrected chi connectivity index (χ2v) is 22.9. The van der Waals surface area contributed by atoms with Gasteiger partial charge in [0.15, 0.2) is 0 Å². The van der Waals surface area contributed by atoms with Gasteiger partial charge in [-0.1, -0.05) is 153 Å². The third kappa shape index (κ3) is 4.67. The zero-order valence-corrected chi connectivity index (χ0v) is 39.5. The molecule has 6 aliphatic heterocycles. The van der Waals surface area contributed by atoms with Crippen molar-refractivity contribution >= 4 is 70.4 Å². The van der Waals surface area contributed by atoms with E-state index in [1.54, 1.807) is 0 Å². The SMILES string of the molecule is Cc1ccc2c(c1)C(C)(C)c1cccc3c1N2B1c2cc4c(cc2-c2cc(C(C)(C)C)ccc2N13)B1N(c2ccc(C(C)(C)C)cc2-4)c2cccc3c2N1c1ccc(C)cc1C3(C)C. The molecule has 7 aromatic carbocycles. The third-order valence-corrected chi connectivity index (χ3v) is 16.1. The predicted octanol–water partition coefficient (Wildman–Crippen LogP) is 13.5. The molecule has 0 amide bonds. The number of nitrogens with zero attached hydrogens (tertiary/aromatic N) is 4. The first-order valence-corrected chi connectivity index (χ1v) is 23.5. The van der Waals surface area contributed by atoms with Gasteiger partial charge in [0.25, 0.3) is 0 Å². The minimum atomic E-state index is -0.157. The lowest BCUT2D eigenvalue weighted by molar-refractivity contribution is 0.590. The summed E-state index contributed by atoms with van der Waals surface area (Å²) < 4.78 is 0. The molecule has 0 aromatic heterocycles. The molecule has 0 atom stereocenters. The second-order valence-electron chi connectivity index (χ2n) is 22.9.